The molecule has 2 aromatic heterocycles. The van der Waals surface area contributed by atoms with Crippen molar-refractivity contribution in [2.24, 2.45) is 0 Å². The molecule has 3 heterocycles. The first-order valence-corrected chi connectivity index (χ1v) is 12.1. The number of benzene rings is 2. The van der Waals surface area contributed by atoms with Gasteiger partial charge >= 0.3 is 6.18 Å². The van der Waals surface area contributed by atoms with Gasteiger partial charge in [-0.3, -0.25) is 14.1 Å². The molecule has 1 aliphatic rings. The minimum Gasteiger partial charge on any atom is -0.322 e. The fourth-order valence-electron chi connectivity index (χ4n) is 4.50. The van der Waals surface area contributed by atoms with E-state index in [1.54, 1.807) is 24.4 Å². The van der Waals surface area contributed by atoms with E-state index in [-0.39, 0.29) is 17.8 Å². The minimum atomic E-state index is -4.51. The monoisotopic (exact) mass is 502 g/mol. The second kappa shape index (κ2) is 10.1. The summed E-state index contributed by atoms with van der Waals surface area (Å²) < 4.78 is 43.3. The molecule has 5 nitrogen and oxygen atoms in total. The van der Waals surface area contributed by atoms with Gasteiger partial charge in [0.2, 0.25) is 0 Å². The number of aryl methyl sites for hydroxylation is 1. The molecule has 1 N–H and O–H groups in total. The number of nitrogens with one attached hydrogen (secondary N) is 1. The van der Waals surface area contributed by atoms with E-state index in [0.29, 0.717) is 16.8 Å². The van der Waals surface area contributed by atoms with Crippen LogP contribution in [-0.2, 0) is 12.7 Å². The Hall–Kier alpha value is -4.09. The molecule has 1 fully saturated rings. The first kappa shape index (κ1) is 24.6. The molecule has 2 aromatic carbocycles. The fraction of sp³-hybridized carbons (Fsp3) is 0.241. The third-order valence-electron chi connectivity index (χ3n) is 6.51. The van der Waals surface area contributed by atoms with E-state index in [1.165, 1.54) is 12.1 Å². The molecular formula is C29H25F3N4O. The van der Waals surface area contributed by atoms with Crippen molar-refractivity contribution in [3.63, 3.8) is 0 Å². The van der Waals surface area contributed by atoms with Gasteiger partial charge in [0, 0.05) is 29.6 Å². The number of carbonyl (C=O) groups excluding carboxylic acids is 1. The maximum Gasteiger partial charge on any atom is 0.416 e. The summed E-state index contributed by atoms with van der Waals surface area (Å²) in [7, 11) is 0. The number of likely N-dealkylation sites (tertiary alicyclic amines) is 1. The Morgan fingerprint density at radius 3 is 2.65 bits per heavy atom. The molecule has 0 unspecified atom stereocenters. The van der Waals surface area contributed by atoms with Crippen molar-refractivity contribution in [3.8, 4) is 11.8 Å². The third kappa shape index (κ3) is 5.52. The quantitative estimate of drug-likeness (QED) is 0.353. The number of halogens is 3. The molecule has 1 saturated heterocycles. The summed E-state index contributed by atoms with van der Waals surface area (Å²) in [5.74, 6) is 5.68. The van der Waals surface area contributed by atoms with Crippen molar-refractivity contribution in [2.45, 2.75) is 32.5 Å². The summed E-state index contributed by atoms with van der Waals surface area (Å²) >= 11 is 0. The number of aromatic nitrogens is 2. The summed E-state index contributed by atoms with van der Waals surface area (Å²) in [5.41, 5.74) is 2.91. The van der Waals surface area contributed by atoms with E-state index in [4.69, 9.17) is 0 Å². The minimum absolute atomic E-state index is 0.0986. The smallest absolute Gasteiger partial charge is 0.322 e. The van der Waals surface area contributed by atoms with Crippen LogP contribution in [-0.4, -0.2) is 33.3 Å². The van der Waals surface area contributed by atoms with Gasteiger partial charge in [0.1, 0.15) is 11.3 Å². The predicted octanol–water partition coefficient (Wildman–Crippen LogP) is 5.91. The number of imidazole rings is 1. The second-order valence-corrected chi connectivity index (χ2v) is 9.16. The normalized spacial score (nSPS) is 13.9. The van der Waals surface area contributed by atoms with E-state index in [0.717, 1.165) is 43.2 Å². The molecule has 188 valence electrons. The molecule has 1 aliphatic heterocycles. The standard InChI is InChI=1S/C29H25F3N4O/c1-20-7-8-22(16-21(20)10-12-25-18-33-27-6-2-3-15-36(25)27)28(37)34-24-11-9-23(19-35-13-4-5-14-35)26(17-24)29(30,31)32/h2-3,6-9,11,15-18H,4-5,13-14,19H2,1H3,(H,34,37). The Kier molecular flexibility index (Phi) is 6.72. The lowest BCUT2D eigenvalue weighted by molar-refractivity contribution is -0.138. The number of carbonyl (C=O) groups is 1. The Labute approximate surface area is 212 Å². The fourth-order valence-corrected chi connectivity index (χ4v) is 4.50. The molecular weight excluding hydrogens is 477 g/mol. The largest absolute Gasteiger partial charge is 0.416 e. The van der Waals surface area contributed by atoms with Crippen LogP contribution in [0.1, 0.15) is 51.1 Å². The maximum absolute atomic E-state index is 13.8. The van der Waals surface area contributed by atoms with Crippen LogP contribution in [0.15, 0.2) is 67.0 Å². The van der Waals surface area contributed by atoms with Gasteiger partial charge in [-0.15, -0.1) is 0 Å². The highest BCUT2D eigenvalue weighted by Crippen LogP contribution is 2.35. The Bertz CT molecular complexity index is 1520. The summed E-state index contributed by atoms with van der Waals surface area (Å²) in [5, 5.41) is 2.62. The molecule has 1 amide bonds. The van der Waals surface area contributed by atoms with Crippen LogP contribution in [0, 0.1) is 18.8 Å². The van der Waals surface area contributed by atoms with Crippen molar-refractivity contribution in [1.29, 1.82) is 0 Å². The van der Waals surface area contributed by atoms with E-state index in [9.17, 15) is 18.0 Å². The van der Waals surface area contributed by atoms with Gasteiger partial charge in [-0.25, -0.2) is 4.98 Å². The van der Waals surface area contributed by atoms with E-state index in [1.807, 2.05) is 40.6 Å². The lowest BCUT2D eigenvalue weighted by atomic mass is 10.0. The molecule has 0 spiro atoms. The zero-order valence-electron chi connectivity index (χ0n) is 20.3. The van der Waals surface area contributed by atoms with Crippen molar-refractivity contribution in [1.82, 2.24) is 14.3 Å². The number of fused-ring (bicyclic) bond motifs is 1. The van der Waals surface area contributed by atoms with Crippen molar-refractivity contribution >= 4 is 17.2 Å². The summed E-state index contributed by atoms with van der Waals surface area (Å²) in [6, 6.07) is 14.7. The number of amides is 1. The first-order chi connectivity index (χ1) is 17.8. The van der Waals surface area contributed by atoms with Gasteiger partial charge in [0.05, 0.1) is 11.8 Å². The second-order valence-electron chi connectivity index (χ2n) is 9.16. The van der Waals surface area contributed by atoms with Crippen molar-refractivity contribution in [3.05, 3.63) is 101 Å². The number of hydrogen-bond acceptors (Lipinski definition) is 3. The zero-order chi connectivity index (χ0) is 26.0. The van der Waals surface area contributed by atoms with Crippen LogP contribution < -0.4 is 5.32 Å². The number of nitrogens with zero attached hydrogens (tertiary/aromatic N) is 3. The number of pyridine rings is 1. The topological polar surface area (TPSA) is 49.6 Å². The summed E-state index contributed by atoms with van der Waals surface area (Å²) in [6.45, 7) is 3.72. The number of rotatable bonds is 4. The third-order valence-corrected chi connectivity index (χ3v) is 6.51. The van der Waals surface area contributed by atoms with Crippen molar-refractivity contribution in [2.75, 3.05) is 18.4 Å². The predicted molar refractivity (Wildman–Crippen MR) is 136 cm³/mol. The van der Waals surface area contributed by atoms with Crippen LogP contribution in [0.4, 0.5) is 18.9 Å². The maximum atomic E-state index is 13.8. The van der Waals surface area contributed by atoms with Gasteiger partial charge in [-0.1, -0.05) is 24.1 Å². The Morgan fingerprint density at radius 2 is 1.86 bits per heavy atom. The molecule has 0 atom stereocenters. The molecule has 37 heavy (non-hydrogen) atoms. The molecule has 8 heteroatoms. The highest BCUT2D eigenvalue weighted by Gasteiger charge is 2.34. The van der Waals surface area contributed by atoms with E-state index >= 15 is 0 Å². The number of hydrogen-bond donors (Lipinski definition) is 1. The van der Waals surface area contributed by atoms with Gasteiger partial charge in [0.15, 0.2) is 0 Å². The number of anilines is 1. The molecule has 0 aliphatic carbocycles. The zero-order valence-corrected chi connectivity index (χ0v) is 20.3. The van der Waals surface area contributed by atoms with E-state index in [2.05, 4.69) is 22.1 Å². The Morgan fingerprint density at radius 1 is 1.05 bits per heavy atom. The van der Waals surface area contributed by atoms with Crippen LogP contribution >= 0.6 is 0 Å². The molecule has 0 radical (unpaired) electrons. The van der Waals surface area contributed by atoms with Gasteiger partial charge in [-0.05, 0) is 86.3 Å². The average molecular weight is 503 g/mol. The van der Waals surface area contributed by atoms with Gasteiger partial charge in [0.25, 0.3) is 5.91 Å². The average Bonchev–Trinajstić information content (AvgIpc) is 3.54. The van der Waals surface area contributed by atoms with Gasteiger partial charge in [-0.2, -0.15) is 13.2 Å². The highest BCUT2D eigenvalue weighted by molar-refractivity contribution is 6.04. The lowest BCUT2D eigenvalue weighted by Crippen LogP contribution is -2.21. The first-order valence-electron chi connectivity index (χ1n) is 12.1. The lowest BCUT2D eigenvalue weighted by Gasteiger charge is -2.20. The van der Waals surface area contributed by atoms with Gasteiger partial charge < -0.3 is 5.32 Å². The molecule has 4 aromatic rings. The highest BCUT2D eigenvalue weighted by atomic mass is 19.4. The molecule has 5 rings (SSSR count). The summed E-state index contributed by atoms with van der Waals surface area (Å²) in [4.78, 5) is 19.3. The van der Waals surface area contributed by atoms with Crippen LogP contribution in [0.5, 0.6) is 0 Å². The number of alkyl halides is 3. The SMILES string of the molecule is Cc1ccc(C(=O)Nc2ccc(CN3CCCC3)c(C(F)(F)F)c2)cc1C#Cc1cnc2ccccn12. The Balaban J connectivity index is 1.37. The summed E-state index contributed by atoms with van der Waals surface area (Å²) in [6.07, 6.45) is 1.03. The van der Waals surface area contributed by atoms with Crippen LogP contribution in [0.25, 0.3) is 5.65 Å². The van der Waals surface area contributed by atoms with Crippen LogP contribution in [0.3, 0.4) is 0 Å². The van der Waals surface area contributed by atoms with E-state index < -0.39 is 17.6 Å². The molecule has 0 saturated carbocycles. The van der Waals surface area contributed by atoms with Crippen molar-refractivity contribution < 1.29 is 18.0 Å². The van der Waals surface area contributed by atoms with Crippen LogP contribution in [0.2, 0.25) is 0 Å². The molecule has 0 bridgehead atoms.